The molecule has 1 N–H and O–H groups in total. The van der Waals surface area contributed by atoms with E-state index in [2.05, 4.69) is 4.74 Å². The highest BCUT2D eigenvalue weighted by atomic mass is 16.6. The zero-order valence-electron chi connectivity index (χ0n) is 8.37. The number of carbonyl (C=O) groups is 2. The molecule has 0 spiro atoms. The minimum Gasteiger partial charge on any atom is -0.502 e. The minimum atomic E-state index is -1.35. The number of ether oxygens (including phenoxy) is 1. The van der Waals surface area contributed by atoms with E-state index in [1.165, 1.54) is 0 Å². The van der Waals surface area contributed by atoms with Gasteiger partial charge in [-0.3, -0.25) is 19.7 Å². The van der Waals surface area contributed by atoms with Crippen molar-refractivity contribution >= 4 is 11.8 Å². The van der Waals surface area contributed by atoms with Crippen LogP contribution in [0.3, 0.4) is 0 Å². The Hall–Kier alpha value is -2.18. The molecule has 7 nitrogen and oxygen atoms in total. The molecule has 0 aromatic rings. The molecule has 7 heteroatoms. The number of nitrogens with zero attached hydrogens (tertiary/aromatic N) is 1. The molecule has 0 radical (unpaired) electrons. The van der Waals surface area contributed by atoms with E-state index in [-0.39, 0.29) is 6.61 Å². The van der Waals surface area contributed by atoms with Gasteiger partial charge in [0, 0.05) is 0 Å². The topological polar surface area (TPSA) is 107 Å². The van der Waals surface area contributed by atoms with Crippen LogP contribution in [0, 0.1) is 16.0 Å². The number of hydrogen-bond donors (Lipinski definition) is 1. The smallest absolute Gasteiger partial charge is 0.354 e. The van der Waals surface area contributed by atoms with Crippen LogP contribution in [0.4, 0.5) is 0 Å². The first-order chi connectivity index (χ1) is 7.49. The van der Waals surface area contributed by atoms with E-state index in [0.29, 0.717) is 0 Å². The van der Waals surface area contributed by atoms with Crippen molar-refractivity contribution in [3.05, 3.63) is 33.7 Å². The second-order valence-corrected chi connectivity index (χ2v) is 2.94. The van der Waals surface area contributed by atoms with Crippen molar-refractivity contribution < 1.29 is 24.4 Å². The average Bonchev–Trinajstić information content (AvgIpc) is 2.17. The zero-order chi connectivity index (χ0) is 12.3. The van der Waals surface area contributed by atoms with Gasteiger partial charge >= 0.3 is 11.7 Å². The van der Waals surface area contributed by atoms with Crippen LogP contribution in [0.25, 0.3) is 0 Å². The van der Waals surface area contributed by atoms with Crippen LogP contribution in [0.5, 0.6) is 0 Å². The predicted molar refractivity (Wildman–Crippen MR) is 50.9 cm³/mol. The minimum absolute atomic E-state index is 0.0694. The van der Waals surface area contributed by atoms with E-state index in [4.69, 9.17) is 5.11 Å². The second-order valence-electron chi connectivity index (χ2n) is 2.94. The molecule has 1 rings (SSSR count). The van der Waals surface area contributed by atoms with Crippen molar-refractivity contribution in [2.24, 2.45) is 5.92 Å². The lowest BCUT2D eigenvalue weighted by Gasteiger charge is -2.12. The first-order valence-electron chi connectivity index (χ1n) is 4.45. The van der Waals surface area contributed by atoms with Crippen molar-refractivity contribution in [3.63, 3.8) is 0 Å². The SMILES string of the molecule is CCOC(=O)C1C=CC(O)=C([N+](=O)[O-])C1=O. The number of allylic oxidation sites excluding steroid dienone is 2. The Labute approximate surface area is 90.2 Å². The number of Topliss-reactive ketones (excluding diaryl/α,β-unsaturated/α-hetero) is 1. The number of nitro groups is 1. The Morgan fingerprint density at radius 3 is 2.81 bits per heavy atom. The molecule has 16 heavy (non-hydrogen) atoms. The molecular formula is C9H9NO6. The Balaban J connectivity index is 3.00. The van der Waals surface area contributed by atoms with Gasteiger partial charge in [-0.15, -0.1) is 0 Å². The van der Waals surface area contributed by atoms with E-state index in [9.17, 15) is 19.7 Å². The monoisotopic (exact) mass is 227 g/mol. The number of rotatable bonds is 3. The van der Waals surface area contributed by atoms with Crippen LogP contribution in [-0.2, 0) is 14.3 Å². The van der Waals surface area contributed by atoms with Gasteiger partial charge in [0.05, 0.1) is 11.5 Å². The average molecular weight is 227 g/mol. The lowest BCUT2D eigenvalue weighted by Crippen LogP contribution is -2.31. The number of aliphatic hydroxyl groups is 1. The van der Waals surface area contributed by atoms with Gasteiger partial charge in [-0.2, -0.15) is 0 Å². The molecule has 0 saturated heterocycles. The van der Waals surface area contributed by atoms with Gasteiger partial charge < -0.3 is 9.84 Å². The fourth-order valence-corrected chi connectivity index (χ4v) is 1.23. The van der Waals surface area contributed by atoms with Crippen molar-refractivity contribution in [1.82, 2.24) is 0 Å². The third-order valence-electron chi connectivity index (χ3n) is 1.93. The molecule has 0 saturated carbocycles. The molecule has 1 aliphatic rings. The van der Waals surface area contributed by atoms with E-state index in [1.54, 1.807) is 6.92 Å². The van der Waals surface area contributed by atoms with Crippen LogP contribution >= 0.6 is 0 Å². The largest absolute Gasteiger partial charge is 0.502 e. The molecule has 0 bridgehead atoms. The maximum Gasteiger partial charge on any atom is 0.354 e. The zero-order valence-corrected chi connectivity index (χ0v) is 8.37. The molecule has 0 fully saturated rings. The number of ketones is 1. The lowest BCUT2D eigenvalue weighted by molar-refractivity contribution is -0.421. The van der Waals surface area contributed by atoms with Gasteiger partial charge in [-0.1, -0.05) is 6.08 Å². The van der Waals surface area contributed by atoms with Crippen molar-refractivity contribution in [2.45, 2.75) is 6.92 Å². The first-order valence-corrected chi connectivity index (χ1v) is 4.45. The van der Waals surface area contributed by atoms with Gasteiger partial charge in [0.25, 0.3) is 5.78 Å². The summed E-state index contributed by atoms with van der Waals surface area (Å²) in [6, 6.07) is 0. The highest BCUT2D eigenvalue weighted by molar-refractivity contribution is 6.09. The maximum absolute atomic E-state index is 11.5. The van der Waals surface area contributed by atoms with Gasteiger partial charge in [0.15, 0.2) is 5.76 Å². The van der Waals surface area contributed by atoms with E-state index >= 15 is 0 Å². The molecule has 0 aliphatic heterocycles. The van der Waals surface area contributed by atoms with Crippen LogP contribution in [-0.4, -0.2) is 28.4 Å². The van der Waals surface area contributed by atoms with E-state index in [1.807, 2.05) is 0 Å². The summed E-state index contributed by atoms with van der Waals surface area (Å²) in [4.78, 5) is 32.2. The van der Waals surface area contributed by atoms with Crippen LogP contribution in [0.1, 0.15) is 6.92 Å². The predicted octanol–water partition coefficient (Wildman–Crippen LogP) is 0.351. The standard InChI is InChI=1S/C9H9NO6/c1-2-16-9(13)5-3-4-6(11)7(8(5)12)10(14)15/h3-5,11H,2H2,1H3. The summed E-state index contributed by atoms with van der Waals surface area (Å²) in [6.45, 7) is 1.62. The first kappa shape index (κ1) is 11.9. The van der Waals surface area contributed by atoms with Crippen molar-refractivity contribution in [2.75, 3.05) is 6.61 Å². The summed E-state index contributed by atoms with van der Waals surface area (Å²) >= 11 is 0. The van der Waals surface area contributed by atoms with E-state index in [0.717, 1.165) is 12.2 Å². The third kappa shape index (κ3) is 2.08. The second kappa shape index (κ2) is 4.56. The number of esters is 1. The Bertz CT molecular complexity index is 408. The Morgan fingerprint density at radius 1 is 1.69 bits per heavy atom. The summed E-state index contributed by atoms with van der Waals surface area (Å²) in [5.41, 5.74) is -0.986. The number of hydrogen-bond acceptors (Lipinski definition) is 6. The van der Waals surface area contributed by atoms with Crippen LogP contribution < -0.4 is 0 Å². The molecule has 0 heterocycles. The third-order valence-corrected chi connectivity index (χ3v) is 1.93. The normalized spacial score (nSPS) is 19.8. The Kier molecular flexibility index (Phi) is 3.39. The number of carbonyl (C=O) groups excluding carboxylic acids is 2. The van der Waals surface area contributed by atoms with Crippen LogP contribution in [0.15, 0.2) is 23.6 Å². The molecule has 86 valence electrons. The fraction of sp³-hybridized carbons (Fsp3) is 0.333. The molecule has 1 aliphatic carbocycles. The molecule has 1 unspecified atom stereocenters. The molecule has 0 amide bonds. The molecule has 0 aromatic heterocycles. The van der Waals surface area contributed by atoms with E-state index < -0.39 is 34.0 Å². The molecule has 1 atom stereocenters. The fourth-order valence-electron chi connectivity index (χ4n) is 1.23. The van der Waals surface area contributed by atoms with Gasteiger partial charge in [-0.25, -0.2) is 0 Å². The van der Waals surface area contributed by atoms with Crippen LogP contribution in [0.2, 0.25) is 0 Å². The summed E-state index contributed by atoms with van der Waals surface area (Å²) in [6.07, 6.45) is 2.02. The van der Waals surface area contributed by atoms with Crippen molar-refractivity contribution in [3.8, 4) is 0 Å². The van der Waals surface area contributed by atoms with Crippen molar-refractivity contribution in [1.29, 1.82) is 0 Å². The molecular weight excluding hydrogens is 218 g/mol. The Morgan fingerprint density at radius 2 is 2.31 bits per heavy atom. The summed E-state index contributed by atoms with van der Waals surface area (Å²) < 4.78 is 4.58. The summed E-state index contributed by atoms with van der Waals surface area (Å²) in [5, 5.41) is 19.6. The quantitative estimate of drug-likeness (QED) is 0.322. The van der Waals surface area contributed by atoms with Gasteiger partial charge in [0.1, 0.15) is 5.92 Å². The molecule has 0 aromatic carbocycles. The summed E-state index contributed by atoms with van der Waals surface area (Å²) in [5.74, 6) is -4.04. The lowest BCUT2D eigenvalue weighted by atomic mass is 9.96. The summed E-state index contributed by atoms with van der Waals surface area (Å²) in [7, 11) is 0. The highest BCUT2D eigenvalue weighted by Crippen LogP contribution is 2.20. The maximum atomic E-state index is 11.5. The van der Waals surface area contributed by atoms with Gasteiger partial charge in [-0.05, 0) is 13.0 Å². The highest BCUT2D eigenvalue weighted by Gasteiger charge is 2.39. The number of aliphatic hydroxyl groups excluding tert-OH is 1. The van der Waals surface area contributed by atoms with Gasteiger partial charge in [0.2, 0.25) is 0 Å².